The molecule has 4 heterocycles. The van der Waals surface area contributed by atoms with E-state index in [1.165, 1.54) is 0 Å². The molecule has 0 saturated heterocycles. The second kappa shape index (κ2) is 5.58. The zero-order chi connectivity index (χ0) is 15.8. The van der Waals surface area contributed by atoms with Crippen molar-refractivity contribution in [3.05, 3.63) is 35.2 Å². The molecule has 0 bridgehead atoms. The molecule has 9 heteroatoms. The number of aromatic nitrogens is 6. The Labute approximate surface area is 136 Å². The first kappa shape index (κ1) is 14.1. The first-order valence-corrected chi connectivity index (χ1v) is 8.26. The van der Waals surface area contributed by atoms with E-state index in [-0.39, 0.29) is 18.5 Å². The number of rotatable bonds is 3. The third kappa shape index (κ3) is 2.52. The van der Waals surface area contributed by atoms with Gasteiger partial charge in [0.1, 0.15) is 18.6 Å². The molecule has 0 spiro atoms. The maximum atomic E-state index is 12.6. The lowest BCUT2D eigenvalue weighted by molar-refractivity contribution is -0.135. The summed E-state index contributed by atoms with van der Waals surface area (Å²) in [6.45, 7) is 3.51. The van der Waals surface area contributed by atoms with Gasteiger partial charge in [-0.15, -0.1) is 15.3 Å². The summed E-state index contributed by atoms with van der Waals surface area (Å²) in [7, 11) is 0. The molecule has 0 fully saturated rings. The summed E-state index contributed by atoms with van der Waals surface area (Å²) in [5.74, 6) is 0.829. The molecular weight excluding hydrogens is 314 g/mol. The highest BCUT2D eigenvalue weighted by molar-refractivity contribution is 7.08. The van der Waals surface area contributed by atoms with E-state index in [9.17, 15) is 4.79 Å². The van der Waals surface area contributed by atoms with Crippen LogP contribution >= 0.6 is 11.3 Å². The van der Waals surface area contributed by atoms with Gasteiger partial charge in [0.2, 0.25) is 5.91 Å². The van der Waals surface area contributed by atoms with E-state index in [1.807, 2.05) is 33.2 Å². The summed E-state index contributed by atoms with van der Waals surface area (Å²) < 4.78 is 3.57. The Bertz CT molecular complexity index is 822. The Morgan fingerprint density at radius 1 is 1.39 bits per heavy atom. The van der Waals surface area contributed by atoms with Gasteiger partial charge in [0.15, 0.2) is 5.82 Å². The van der Waals surface area contributed by atoms with Crippen molar-refractivity contribution in [2.75, 3.05) is 6.54 Å². The average molecular weight is 329 g/mol. The number of carbonyl (C=O) groups excluding carboxylic acids is 1. The van der Waals surface area contributed by atoms with Gasteiger partial charge >= 0.3 is 0 Å². The van der Waals surface area contributed by atoms with E-state index >= 15 is 0 Å². The fraction of sp³-hybridized carbons (Fsp3) is 0.357. The van der Waals surface area contributed by atoms with Crippen LogP contribution in [0.25, 0.3) is 11.3 Å². The van der Waals surface area contributed by atoms with Crippen LogP contribution < -0.4 is 0 Å². The Balaban J connectivity index is 1.48. The van der Waals surface area contributed by atoms with Crippen LogP contribution in [-0.2, 0) is 17.9 Å². The standard InChI is InChI=1S/C14H15N7OS/c1-10-14-17-15-9-19(14)3-4-21(10)13(22)7-20-6-12(16-18-20)11-2-5-23-8-11/h2,5-6,8-10H,3-4,7H2,1H3. The van der Waals surface area contributed by atoms with Crippen molar-refractivity contribution in [3.8, 4) is 11.3 Å². The van der Waals surface area contributed by atoms with Crippen LogP contribution in [0.1, 0.15) is 18.8 Å². The zero-order valence-electron chi connectivity index (χ0n) is 12.5. The lowest BCUT2D eigenvalue weighted by Crippen LogP contribution is -2.42. The molecule has 0 aromatic carbocycles. The summed E-state index contributed by atoms with van der Waals surface area (Å²) >= 11 is 1.61. The molecule has 8 nitrogen and oxygen atoms in total. The van der Waals surface area contributed by atoms with Crippen molar-refractivity contribution in [1.82, 2.24) is 34.7 Å². The van der Waals surface area contributed by atoms with Gasteiger partial charge in [-0.25, -0.2) is 4.68 Å². The van der Waals surface area contributed by atoms with E-state index in [0.29, 0.717) is 6.54 Å². The highest BCUT2D eigenvalue weighted by atomic mass is 32.1. The predicted octanol–water partition coefficient (Wildman–Crippen LogP) is 1.20. The van der Waals surface area contributed by atoms with Gasteiger partial charge in [-0.3, -0.25) is 4.79 Å². The van der Waals surface area contributed by atoms with Crippen LogP contribution in [0.3, 0.4) is 0 Å². The van der Waals surface area contributed by atoms with Crippen molar-refractivity contribution in [1.29, 1.82) is 0 Å². The van der Waals surface area contributed by atoms with Crippen LogP contribution in [0, 0.1) is 0 Å². The molecule has 3 aromatic rings. The van der Waals surface area contributed by atoms with Gasteiger partial charge < -0.3 is 9.47 Å². The Hall–Kier alpha value is -2.55. The fourth-order valence-electron chi connectivity index (χ4n) is 2.80. The predicted molar refractivity (Wildman–Crippen MR) is 83.5 cm³/mol. The fourth-order valence-corrected chi connectivity index (χ4v) is 3.45. The molecule has 0 aliphatic carbocycles. The number of carbonyl (C=O) groups is 1. The van der Waals surface area contributed by atoms with Gasteiger partial charge in [0, 0.05) is 24.0 Å². The van der Waals surface area contributed by atoms with E-state index in [1.54, 1.807) is 28.5 Å². The summed E-state index contributed by atoms with van der Waals surface area (Å²) in [6.07, 6.45) is 3.51. The molecule has 1 unspecified atom stereocenters. The second-order valence-corrected chi connectivity index (χ2v) is 6.24. The number of fused-ring (bicyclic) bond motifs is 1. The molecular formula is C14H15N7OS. The van der Waals surface area contributed by atoms with Crippen LogP contribution in [0.2, 0.25) is 0 Å². The minimum atomic E-state index is -0.0846. The normalized spacial score (nSPS) is 17.3. The van der Waals surface area contributed by atoms with Crippen molar-refractivity contribution in [3.63, 3.8) is 0 Å². The molecule has 0 N–H and O–H groups in total. The smallest absolute Gasteiger partial charge is 0.245 e. The van der Waals surface area contributed by atoms with E-state index in [0.717, 1.165) is 23.6 Å². The number of hydrogen-bond acceptors (Lipinski definition) is 6. The minimum absolute atomic E-state index is 0.00789. The lowest BCUT2D eigenvalue weighted by atomic mass is 10.2. The highest BCUT2D eigenvalue weighted by Gasteiger charge is 2.29. The molecule has 1 amide bonds. The topological polar surface area (TPSA) is 81.7 Å². The molecule has 118 valence electrons. The maximum Gasteiger partial charge on any atom is 0.245 e. The van der Waals surface area contributed by atoms with Crippen LogP contribution in [-0.4, -0.2) is 47.1 Å². The summed E-state index contributed by atoms with van der Waals surface area (Å²) in [4.78, 5) is 14.4. The molecule has 23 heavy (non-hydrogen) atoms. The highest BCUT2D eigenvalue weighted by Crippen LogP contribution is 2.23. The van der Waals surface area contributed by atoms with Crippen molar-refractivity contribution < 1.29 is 4.79 Å². The summed E-state index contributed by atoms with van der Waals surface area (Å²) in [6, 6.07) is 1.90. The summed E-state index contributed by atoms with van der Waals surface area (Å²) in [5, 5.41) is 20.2. The van der Waals surface area contributed by atoms with Crippen molar-refractivity contribution >= 4 is 17.2 Å². The number of hydrogen-bond donors (Lipinski definition) is 0. The molecule has 4 rings (SSSR count). The summed E-state index contributed by atoms with van der Waals surface area (Å²) in [5.41, 5.74) is 1.80. The van der Waals surface area contributed by atoms with Gasteiger partial charge in [-0.1, -0.05) is 5.21 Å². The zero-order valence-corrected chi connectivity index (χ0v) is 13.3. The molecule has 1 aliphatic rings. The quantitative estimate of drug-likeness (QED) is 0.721. The Morgan fingerprint density at radius 2 is 2.30 bits per heavy atom. The van der Waals surface area contributed by atoms with Gasteiger partial charge in [-0.05, 0) is 18.4 Å². The van der Waals surface area contributed by atoms with Crippen LogP contribution in [0.15, 0.2) is 29.4 Å². The number of amides is 1. The minimum Gasteiger partial charge on any atom is -0.329 e. The third-order valence-corrected chi connectivity index (χ3v) is 4.72. The van der Waals surface area contributed by atoms with Gasteiger partial charge in [-0.2, -0.15) is 11.3 Å². The van der Waals surface area contributed by atoms with Crippen molar-refractivity contribution in [2.24, 2.45) is 0 Å². The monoisotopic (exact) mass is 329 g/mol. The Morgan fingerprint density at radius 3 is 3.13 bits per heavy atom. The van der Waals surface area contributed by atoms with Gasteiger partial charge in [0.25, 0.3) is 0 Å². The molecule has 0 radical (unpaired) electrons. The maximum absolute atomic E-state index is 12.6. The number of nitrogens with zero attached hydrogens (tertiary/aromatic N) is 7. The Kier molecular flexibility index (Phi) is 3.41. The average Bonchev–Trinajstić information content (AvgIpc) is 3.28. The van der Waals surface area contributed by atoms with Crippen molar-refractivity contribution in [2.45, 2.75) is 26.1 Å². The largest absolute Gasteiger partial charge is 0.329 e. The SMILES string of the molecule is CC1c2nncn2CCN1C(=O)Cn1cc(-c2ccsc2)nn1. The second-order valence-electron chi connectivity index (χ2n) is 5.46. The lowest BCUT2D eigenvalue weighted by Gasteiger charge is -2.33. The third-order valence-electron chi connectivity index (χ3n) is 4.04. The first-order valence-electron chi connectivity index (χ1n) is 7.32. The molecule has 1 atom stereocenters. The van der Waals surface area contributed by atoms with E-state index < -0.39 is 0 Å². The number of thiophene rings is 1. The van der Waals surface area contributed by atoms with Crippen LogP contribution in [0.5, 0.6) is 0 Å². The molecule has 3 aromatic heterocycles. The van der Waals surface area contributed by atoms with Crippen LogP contribution in [0.4, 0.5) is 0 Å². The van der Waals surface area contributed by atoms with Gasteiger partial charge in [0.05, 0.1) is 12.2 Å². The van der Waals surface area contributed by atoms with E-state index in [4.69, 9.17) is 0 Å². The molecule has 1 aliphatic heterocycles. The first-order chi connectivity index (χ1) is 11.2. The molecule has 0 saturated carbocycles. The van der Waals surface area contributed by atoms with E-state index in [2.05, 4.69) is 20.5 Å².